The van der Waals surface area contributed by atoms with Crippen molar-refractivity contribution in [1.82, 2.24) is 0 Å². The van der Waals surface area contributed by atoms with Crippen LogP contribution in [0.25, 0.3) is 0 Å². The number of benzene rings is 2. The van der Waals surface area contributed by atoms with E-state index in [0.29, 0.717) is 11.3 Å². The molecule has 2 aromatic rings. The molecule has 0 amide bonds. The summed E-state index contributed by atoms with van der Waals surface area (Å²) in [5.41, 5.74) is 9.03. The molecule has 18 heavy (non-hydrogen) atoms. The molecule has 0 fully saturated rings. The van der Waals surface area contributed by atoms with E-state index in [-0.39, 0.29) is 0 Å². The number of nitrogens with one attached hydrogen (secondary N) is 1. The van der Waals surface area contributed by atoms with Crippen LogP contribution < -0.4 is 11.1 Å². The first-order valence-corrected chi connectivity index (χ1v) is 5.87. The molecule has 2 aromatic carbocycles. The van der Waals surface area contributed by atoms with Crippen LogP contribution >= 0.6 is 0 Å². The van der Waals surface area contributed by atoms with Crippen LogP contribution in [0.2, 0.25) is 0 Å². The van der Waals surface area contributed by atoms with Crippen LogP contribution in [-0.4, -0.2) is 6.54 Å². The molecule has 0 saturated carbocycles. The Balaban J connectivity index is 1.97. The summed E-state index contributed by atoms with van der Waals surface area (Å²) in [6, 6.07) is 17.8. The molecule has 3 heteroatoms. The minimum atomic E-state index is 0.514. The number of rotatable bonds is 4. The summed E-state index contributed by atoms with van der Waals surface area (Å²) < 4.78 is 0. The molecule has 0 saturated heterocycles. The van der Waals surface area contributed by atoms with Crippen molar-refractivity contribution in [3.63, 3.8) is 0 Å². The van der Waals surface area contributed by atoms with Gasteiger partial charge in [-0.1, -0.05) is 36.4 Å². The molecule has 3 N–H and O–H groups in total. The van der Waals surface area contributed by atoms with E-state index in [2.05, 4.69) is 23.5 Å². The van der Waals surface area contributed by atoms with E-state index in [1.165, 1.54) is 5.56 Å². The van der Waals surface area contributed by atoms with Gasteiger partial charge in [-0.05, 0) is 24.1 Å². The predicted octanol–water partition coefficient (Wildman–Crippen LogP) is 2.80. The maximum absolute atomic E-state index is 8.89. The molecule has 0 aliphatic rings. The molecule has 0 heterocycles. The van der Waals surface area contributed by atoms with Crippen LogP contribution in [0.1, 0.15) is 11.1 Å². The third-order valence-corrected chi connectivity index (χ3v) is 2.80. The lowest BCUT2D eigenvalue weighted by Gasteiger charge is -2.10. The smallest absolute Gasteiger partial charge is 0.101 e. The van der Waals surface area contributed by atoms with Crippen LogP contribution in [0.5, 0.6) is 0 Å². The second-order valence-corrected chi connectivity index (χ2v) is 4.04. The van der Waals surface area contributed by atoms with E-state index in [9.17, 15) is 0 Å². The Bertz CT molecular complexity index is 556. The van der Waals surface area contributed by atoms with E-state index < -0.39 is 0 Å². The Morgan fingerprint density at radius 1 is 1.06 bits per heavy atom. The summed E-state index contributed by atoms with van der Waals surface area (Å²) in [5.74, 6) is 0. The lowest BCUT2D eigenvalue weighted by molar-refractivity contribution is 1.02. The van der Waals surface area contributed by atoms with Crippen molar-refractivity contribution in [3.05, 3.63) is 59.7 Å². The largest absolute Gasteiger partial charge is 0.396 e. The van der Waals surface area contributed by atoms with Crippen molar-refractivity contribution in [2.24, 2.45) is 0 Å². The monoisotopic (exact) mass is 237 g/mol. The summed E-state index contributed by atoms with van der Waals surface area (Å²) in [7, 11) is 0. The van der Waals surface area contributed by atoms with Crippen LogP contribution in [0, 0.1) is 11.3 Å². The second-order valence-electron chi connectivity index (χ2n) is 4.04. The number of nitriles is 1. The fourth-order valence-electron chi connectivity index (χ4n) is 1.80. The topological polar surface area (TPSA) is 61.8 Å². The van der Waals surface area contributed by atoms with Crippen LogP contribution in [0.15, 0.2) is 48.5 Å². The van der Waals surface area contributed by atoms with Gasteiger partial charge in [0.1, 0.15) is 6.07 Å². The minimum Gasteiger partial charge on any atom is -0.396 e. The highest BCUT2D eigenvalue weighted by molar-refractivity contribution is 5.72. The van der Waals surface area contributed by atoms with Gasteiger partial charge in [0, 0.05) is 6.54 Å². The van der Waals surface area contributed by atoms with Gasteiger partial charge in [-0.25, -0.2) is 0 Å². The Morgan fingerprint density at radius 2 is 1.83 bits per heavy atom. The fraction of sp³-hybridized carbons (Fsp3) is 0.133. The average Bonchev–Trinajstić information content (AvgIpc) is 2.42. The van der Waals surface area contributed by atoms with Gasteiger partial charge in [-0.2, -0.15) is 5.26 Å². The van der Waals surface area contributed by atoms with Crippen LogP contribution in [0.4, 0.5) is 11.4 Å². The zero-order valence-corrected chi connectivity index (χ0v) is 10.1. The molecule has 0 bridgehead atoms. The lowest BCUT2D eigenvalue weighted by Crippen LogP contribution is -2.07. The van der Waals surface area contributed by atoms with Crippen molar-refractivity contribution >= 4 is 11.4 Å². The van der Waals surface area contributed by atoms with Crippen molar-refractivity contribution in [3.8, 4) is 6.07 Å². The predicted molar refractivity (Wildman–Crippen MR) is 74.2 cm³/mol. The van der Waals surface area contributed by atoms with Gasteiger partial charge < -0.3 is 11.1 Å². The average molecular weight is 237 g/mol. The van der Waals surface area contributed by atoms with Gasteiger partial charge >= 0.3 is 0 Å². The quantitative estimate of drug-likeness (QED) is 0.804. The third kappa shape index (κ3) is 2.80. The standard InChI is InChI=1S/C15H15N3/c16-11-13-7-4-8-14(15(13)17)18-10-9-12-5-2-1-3-6-12/h1-8,18H,9-10,17H2. The molecule has 90 valence electrons. The first-order valence-electron chi connectivity index (χ1n) is 5.87. The number of nitrogens with zero attached hydrogens (tertiary/aromatic N) is 1. The van der Waals surface area contributed by atoms with Crippen molar-refractivity contribution < 1.29 is 0 Å². The highest BCUT2D eigenvalue weighted by Gasteiger charge is 2.03. The minimum absolute atomic E-state index is 0.514. The number of nitrogen functional groups attached to an aromatic ring is 1. The van der Waals surface area contributed by atoms with E-state index in [4.69, 9.17) is 11.0 Å². The van der Waals surface area contributed by atoms with Gasteiger partial charge in [0.05, 0.1) is 16.9 Å². The number of hydrogen-bond acceptors (Lipinski definition) is 3. The SMILES string of the molecule is N#Cc1cccc(NCCc2ccccc2)c1N. The molecular weight excluding hydrogens is 222 g/mol. The number of nitrogens with two attached hydrogens (primary N) is 1. The Labute approximate surface area is 107 Å². The Hall–Kier alpha value is -2.47. The maximum Gasteiger partial charge on any atom is 0.101 e. The number of para-hydroxylation sites is 1. The molecule has 0 aliphatic heterocycles. The summed E-state index contributed by atoms with van der Waals surface area (Å²) >= 11 is 0. The Morgan fingerprint density at radius 3 is 2.56 bits per heavy atom. The molecule has 0 radical (unpaired) electrons. The Kier molecular flexibility index (Phi) is 3.83. The van der Waals surface area contributed by atoms with Gasteiger partial charge in [-0.3, -0.25) is 0 Å². The first kappa shape index (κ1) is 12.0. The molecule has 2 rings (SSSR count). The zero-order chi connectivity index (χ0) is 12.8. The normalized spacial score (nSPS) is 9.72. The van der Waals surface area contributed by atoms with Gasteiger partial charge in [-0.15, -0.1) is 0 Å². The lowest BCUT2D eigenvalue weighted by atomic mass is 10.1. The van der Waals surface area contributed by atoms with Crippen molar-refractivity contribution in [2.45, 2.75) is 6.42 Å². The molecule has 0 aromatic heterocycles. The number of anilines is 2. The highest BCUT2D eigenvalue weighted by atomic mass is 14.9. The fourth-order valence-corrected chi connectivity index (χ4v) is 1.80. The van der Waals surface area contributed by atoms with E-state index in [1.807, 2.05) is 30.3 Å². The van der Waals surface area contributed by atoms with E-state index in [0.717, 1.165) is 18.7 Å². The van der Waals surface area contributed by atoms with Gasteiger partial charge in [0.2, 0.25) is 0 Å². The van der Waals surface area contributed by atoms with E-state index in [1.54, 1.807) is 6.07 Å². The summed E-state index contributed by atoms with van der Waals surface area (Å²) in [4.78, 5) is 0. The molecular formula is C15H15N3. The highest BCUT2D eigenvalue weighted by Crippen LogP contribution is 2.21. The summed E-state index contributed by atoms with van der Waals surface area (Å²) in [5, 5.41) is 12.1. The molecule has 0 unspecified atom stereocenters. The first-order chi connectivity index (χ1) is 8.81. The molecule has 3 nitrogen and oxygen atoms in total. The summed E-state index contributed by atoms with van der Waals surface area (Å²) in [6.07, 6.45) is 0.928. The van der Waals surface area contributed by atoms with Crippen LogP contribution in [0.3, 0.4) is 0 Å². The maximum atomic E-state index is 8.89. The van der Waals surface area contributed by atoms with Gasteiger partial charge in [0.25, 0.3) is 0 Å². The third-order valence-electron chi connectivity index (χ3n) is 2.80. The zero-order valence-electron chi connectivity index (χ0n) is 10.1. The van der Waals surface area contributed by atoms with Crippen molar-refractivity contribution in [1.29, 1.82) is 5.26 Å². The second kappa shape index (κ2) is 5.74. The molecule has 0 aliphatic carbocycles. The van der Waals surface area contributed by atoms with Crippen LogP contribution in [-0.2, 0) is 6.42 Å². The van der Waals surface area contributed by atoms with E-state index >= 15 is 0 Å². The van der Waals surface area contributed by atoms with Crippen molar-refractivity contribution in [2.75, 3.05) is 17.6 Å². The van der Waals surface area contributed by atoms with Gasteiger partial charge in [0.15, 0.2) is 0 Å². The summed E-state index contributed by atoms with van der Waals surface area (Å²) in [6.45, 7) is 0.795. The molecule has 0 spiro atoms. The number of hydrogen-bond donors (Lipinski definition) is 2. The molecule has 0 atom stereocenters.